The zero-order valence-corrected chi connectivity index (χ0v) is 11.5. The van der Waals surface area contributed by atoms with Crippen molar-refractivity contribution in [2.45, 2.75) is 39.3 Å². The van der Waals surface area contributed by atoms with Gasteiger partial charge in [0.15, 0.2) is 0 Å². The molecule has 0 radical (unpaired) electrons. The molecule has 0 saturated heterocycles. The van der Waals surface area contributed by atoms with Crippen LogP contribution in [0.4, 0.5) is 0 Å². The number of nitrogens with zero attached hydrogens (tertiary/aromatic N) is 1. The van der Waals surface area contributed by atoms with Gasteiger partial charge in [0.1, 0.15) is 0 Å². The maximum Gasteiger partial charge on any atom is 0.223 e. The van der Waals surface area contributed by atoms with E-state index in [0.29, 0.717) is 18.7 Å². The Hall–Kier alpha value is -0.960. The molecule has 0 saturated carbocycles. The molecule has 0 spiro atoms. The van der Waals surface area contributed by atoms with Gasteiger partial charge in [-0.05, 0) is 24.7 Å². The highest BCUT2D eigenvalue weighted by Gasteiger charge is 2.18. The molecule has 0 aliphatic heterocycles. The first-order valence-electron chi connectivity index (χ1n) is 6.13. The Morgan fingerprint density at radius 1 is 1.35 bits per heavy atom. The molecule has 0 N–H and O–H groups in total. The molecule has 3 heteroatoms. The Morgan fingerprint density at radius 3 is 2.53 bits per heavy atom. The lowest BCUT2D eigenvalue weighted by Crippen LogP contribution is -2.37. The largest absolute Gasteiger partial charge is 0.336 e. The fourth-order valence-corrected chi connectivity index (χ4v) is 1.92. The summed E-state index contributed by atoms with van der Waals surface area (Å²) in [5, 5.41) is 0. The minimum atomic E-state index is 0.193. The zero-order chi connectivity index (χ0) is 12.7. The van der Waals surface area contributed by atoms with Crippen molar-refractivity contribution in [3.63, 3.8) is 0 Å². The standard InChI is InChI=1S/C14H21NOS/c1-3-12(2)15(14(16)9-10-17)11-13-7-5-4-6-8-13/h4-8,12,17H,3,9-11H2,1-2H3. The highest BCUT2D eigenvalue weighted by Crippen LogP contribution is 2.12. The van der Waals surface area contributed by atoms with Crippen LogP contribution >= 0.6 is 12.6 Å². The van der Waals surface area contributed by atoms with Gasteiger partial charge in [0.25, 0.3) is 0 Å². The number of carbonyl (C=O) groups excluding carboxylic acids is 1. The summed E-state index contributed by atoms with van der Waals surface area (Å²) in [7, 11) is 0. The molecular weight excluding hydrogens is 230 g/mol. The van der Waals surface area contributed by atoms with Crippen LogP contribution in [-0.4, -0.2) is 22.6 Å². The summed E-state index contributed by atoms with van der Waals surface area (Å²) >= 11 is 4.13. The van der Waals surface area contributed by atoms with E-state index < -0.39 is 0 Å². The molecule has 1 amide bonds. The molecular formula is C14H21NOS. The summed E-state index contributed by atoms with van der Waals surface area (Å²) in [6, 6.07) is 10.4. The van der Waals surface area contributed by atoms with Crippen LogP contribution in [0.1, 0.15) is 32.3 Å². The van der Waals surface area contributed by atoms with Crippen LogP contribution in [0.5, 0.6) is 0 Å². The van der Waals surface area contributed by atoms with E-state index in [-0.39, 0.29) is 11.9 Å². The normalized spacial score (nSPS) is 12.2. The highest BCUT2D eigenvalue weighted by molar-refractivity contribution is 7.80. The fraction of sp³-hybridized carbons (Fsp3) is 0.500. The molecule has 94 valence electrons. The maximum absolute atomic E-state index is 12.0. The van der Waals surface area contributed by atoms with E-state index in [4.69, 9.17) is 0 Å². The van der Waals surface area contributed by atoms with Gasteiger partial charge >= 0.3 is 0 Å². The number of rotatable bonds is 6. The summed E-state index contributed by atoms with van der Waals surface area (Å²) in [5.74, 6) is 0.804. The molecule has 0 fully saturated rings. The number of hydrogen-bond acceptors (Lipinski definition) is 2. The second-order valence-corrected chi connectivity index (χ2v) is 4.69. The van der Waals surface area contributed by atoms with Crippen LogP contribution in [0.3, 0.4) is 0 Å². The molecule has 0 aromatic heterocycles. The molecule has 0 aliphatic rings. The van der Waals surface area contributed by atoms with Crippen LogP contribution in [-0.2, 0) is 11.3 Å². The van der Waals surface area contributed by atoms with Gasteiger partial charge in [-0.25, -0.2) is 0 Å². The van der Waals surface area contributed by atoms with Crippen molar-refractivity contribution in [2.75, 3.05) is 5.75 Å². The third kappa shape index (κ3) is 4.43. The lowest BCUT2D eigenvalue weighted by atomic mass is 10.1. The van der Waals surface area contributed by atoms with Crippen LogP contribution < -0.4 is 0 Å². The van der Waals surface area contributed by atoms with Crippen LogP contribution in [0.15, 0.2) is 30.3 Å². The number of amides is 1. The van der Waals surface area contributed by atoms with Gasteiger partial charge in [0, 0.05) is 19.0 Å². The Kier molecular flexibility index (Phi) is 6.12. The summed E-state index contributed by atoms with van der Waals surface area (Å²) in [5.41, 5.74) is 1.18. The highest BCUT2D eigenvalue weighted by atomic mass is 32.1. The summed E-state index contributed by atoms with van der Waals surface area (Å²) in [6.45, 7) is 4.90. The van der Waals surface area contributed by atoms with Gasteiger partial charge in [0.05, 0.1) is 0 Å². The molecule has 0 heterocycles. The fourth-order valence-electron chi connectivity index (χ4n) is 1.73. The SMILES string of the molecule is CCC(C)N(Cc1ccccc1)C(=O)CCS. The molecule has 0 aliphatic carbocycles. The average Bonchev–Trinajstić information content (AvgIpc) is 2.36. The van der Waals surface area contributed by atoms with E-state index in [1.165, 1.54) is 5.56 Å². The Labute approximate surface area is 109 Å². The first kappa shape index (κ1) is 14.1. The lowest BCUT2D eigenvalue weighted by Gasteiger charge is -2.28. The number of thiol groups is 1. The van der Waals surface area contributed by atoms with E-state index in [2.05, 4.69) is 38.6 Å². The summed E-state index contributed by atoms with van der Waals surface area (Å²) in [6.07, 6.45) is 1.49. The number of benzene rings is 1. The van der Waals surface area contributed by atoms with E-state index in [1.54, 1.807) is 0 Å². The van der Waals surface area contributed by atoms with Crippen molar-refractivity contribution in [3.8, 4) is 0 Å². The third-order valence-corrected chi connectivity index (χ3v) is 3.19. The van der Waals surface area contributed by atoms with Crippen LogP contribution in [0.2, 0.25) is 0 Å². The van der Waals surface area contributed by atoms with Crippen molar-refractivity contribution >= 4 is 18.5 Å². The number of hydrogen-bond donors (Lipinski definition) is 1. The van der Waals surface area contributed by atoms with E-state index in [1.807, 2.05) is 23.1 Å². The van der Waals surface area contributed by atoms with Crippen LogP contribution in [0, 0.1) is 0 Å². The van der Waals surface area contributed by atoms with Gasteiger partial charge < -0.3 is 4.90 Å². The predicted octanol–water partition coefficient (Wildman–Crippen LogP) is 3.13. The van der Waals surface area contributed by atoms with Gasteiger partial charge in [-0.15, -0.1) is 0 Å². The van der Waals surface area contributed by atoms with E-state index in [0.717, 1.165) is 6.42 Å². The van der Waals surface area contributed by atoms with Crippen molar-refractivity contribution in [3.05, 3.63) is 35.9 Å². The van der Waals surface area contributed by atoms with Crippen molar-refractivity contribution in [1.82, 2.24) is 4.90 Å². The van der Waals surface area contributed by atoms with Crippen LogP contribution in [0.25, 0.3) is 0 Å². The smallest absolute Gasteiger partial charge is 0.223 e. The first-order chi connectivity index (χ1) is 8.19. The monoisotopic (exact) mass is 251 g/mol. The van der Waals surface area contributed by atoms with Crippen molar-refractivity contribution in [1.29, 1.82) is 0 Å². The molecule has 17 heavy (non-hydrogen) atoms. The first-order valence-corrected chi connectivity index (χ1v) is 6.76. The third-order valence-electron chi connectivity index (χ3n) is 2.96. The zero-order valence-electron chi connectivity index (χ0n) is 10.6. The molecule has 1 aromatic rings. The summed E-state index contributed by atoms with van der Waals surface area (Å²) < 4.78 is 0. The minimum absolute atomic E-state index is 0.193. The van der Waals surface area contributed by atoms with Gasteiger partial charge in [0.2, 0.25) is 5.91 Å². The van der Waals surface area contributed by atoms with Gasteiger partial charge in [-0.1, -0.05) is 37.3 Å². The molecule has 0 bridgehead atoms. The summed E-state index contributed by atoms with van der Waals surface area (Å²) in [4.78, 5) is 14.0. The lowest BCUT2D eigenvalue weighted by molar-refractivity contribution is -0.133. The van der Waals surface area contributed by atoms with E-state index in [9.17, 15) is 4.79 Å². The van der Waals surface area contributed by atoms with Crippen molar-refractivity contribution < 1.29 is 4.79 Å². The Bertz CT molecular complexity index is 339. The van der Waals surface area contributed by atoms with Gasteiger partial charge in [-0.2, -0.15) is 12.6 Å². The molecule has 1 unspecified atom stereocenters. The predicted molar refractivity (Wildman–Crippen MR) is 75.2 cm³/mol. The van der Waals surface area contributed by atoms with E-state index >= 15 is 0 Å². The van der Waals surface area contributed by atoms with Crippen molar-refractivity contribution in [2.24, 2.45) is 0 Å². The average molecular weight is 251 g/mol. The topological polar surface area (TPSA) is 20.3 Å². The molecule has 1 atom stereocenters. The minimum Gasteiger partial charge on any atom is -0.336 e. The molecule has 1 rings (SSSR count). The van der Waals surface area contributed by atoms with Gasteiger partial charge in [-0.3, -0.25) is 4.79 Å². The molecule has 1 aromatic carbocycles. The quantitative estimate of drug-likeness (QED) is 0.770. The Morgan fingerprint density at radius 2 is 2.00 bits per heavy atom. The number of carbonyl (C=O) groups is 1. The molecule has 2 nitrogen and oxygen atoms in total. The Balaban J connectivity index is 2.73. The maximum atomic E-state index is 12.0. The second-order valence-electron chi connectivity index (χ2n) is 4.24. The second kappa shape index (κ2) is 7.38.